The summed E-state index contributed by atoms with van der Waals surface area (Å²) in [6.07, 6.45) is 8.16. The van der Waals surface area contributed by atoms with Gasteiger partial charge in [0.2, 0.25) is 5.88 Å². The Morgan fingerprint density at radius 3 is 2.79 bits per heavy atom. The van der Waals surface area contributed by atoms with E-state index >= 15 is 0 Å². The van der Waals surface area contributed by atoms with Crippen molar-refractivity contribution in [3.8, 4) is 5.88 Å². The van der Waals surface area contributed by atoms with Crippen molar-refractivity contribution in [2.75, 3.05) is 6.61 Å². The van der Waals surface area contributed by atoms with E-state index in [2.05, 4.69) is 10.4 Å². The molecule has 1 saturated carbocycles. The Balaban J connectivity index is 1.64. The first-order chi connectivity index (χ1) is 9.33. The number of amides is 1. The molecule has 1 fully saturated rings. The lowest BCUT2D eigenvalue weighted by Crippen LogP contribution is -2.34. The summed E-state index contributed by atoms with van der Waals surface area (Å²) < 4.78 is 7.27. The van der Waals surface area contributed by atoms with Gasteiger partial charge < -0.3 is 10.1 Å². The summed E-state index contributed by atoms with van der Waals surface area (Å²) in [6, 6.07) is 2.07. The van der Waals surface area contributed by atoms with Gasteiger partial charge in [0.1, 0.15) is 0 Å². The molecule has 5 nitrogen and oxygen atoms in total. The minimum atomic E-state index is -0.0580. The van der Waals surface area contributed by atoms with Gasteiger partial charge in [0.25, 0.3) is 5.91 Å². The summed E-state index contributed by atoms with van der Waals surface area (Å²) in [4.78, 5) is 12.2. The van der Waals surface area contributed by atoms with Crippen molar-refractivity contribution >= 4 is 5.91 Å². The molecule has 1 aliphatic heterocycles. The van der Waals surface area contributed by atoms with Crippen molar-refractivity contribution in [2.24, 2.45) is 0 Å². The number of hydrogen-bond acceptors (Lipinski definition) is 3. The quantitative estimate of drug-likeness (QED) is 0.831. The third-order valence-corrected chi connectivity index (χ3v) is 3.93. The van der Waals surface area contributed by atoms with E-state index in [1.165, 1.54) is 25.7 Å². The molecule has 104 valence electrons. The minimum absolute atomic E-state index is 0.0580. The van der Waals surface area contributed by atoms with Crippen LogP contribution in [0.15, 0.2) is 6.07 Å². The second kappa shape index (κ2) is 5.63. The molecule has 2 heterocycles. The van der Waals surface area contributed by atoms with E-state index in [0.29, 0.717) is 11.7 Å². The van der Waals surface area contributed by atoms with Gasteiger partial charge in [-0.25, -0.2) is 4.68 Å². The summed E-state index contributed by atoms with van der Waals surface area (Å²) in [5, 5.41) is 7.43. The van der Waals surface area contributed by atoms with Gasteiger partial charge in [0.05, 0.1) is 6.61 Å². The number of aryl methyl sites for hydroxylation is 1. The SMILES string of the molecule is O=C(NC1CCCCCC1)c1cc2n(n1)CCCO2. The summed E-state index contributed by atoms with van der Waals surface area (Å²) in [5.74, 6) is 0.662. The Kier molecular flexibility index (Phi) is 3.71. The van der Waals surface area contributed by atoms with Crippen molar-refractivity contribution in [1.82, 2.24) is 15.1 Å². The molecule has 0 atom stereocenters. The lowest BCUT2D eigenvalue weighted by molar-refractivity contribution is 0.0927. The first kappa shape index (κ1) is 12.5. The molecule has 0 saturated heterocycles. The van der Waals surface area contributed by atoms with Gasteiger partial charge in [-0.1, -0.05) is 25.7 Å². The normalized spacial score (nSPS) is 20.2. The topological polar surface area (TPSA) is 56.2 Å². The van der Waals surface area contributed by atoms with Crippen LogP contribution in [-0.4, -0.2) is 28.3 Å². The zero-order valence-corrected chi connectivity index (χ0v) is 11.2. The standard InChI is InChI=1S/C14H21N3O2/c18-14(15-11-6-3-1-2-4-7-11)12-10-13-17(16-12)8-5-9-19-13/h10-11H,1-9H2,(H,15,18). The Hall–Kier alpha value is -1.52. The minimum Gasteiger partial charge on any atom is -0.478 e. The zero-order valence-electron chi connectivity index (χ0n) is 11.2. The molecular weight excluding hydrogens is 242 g/mol. The average molecular weight is 263 g/mol. The third kappa shape index (κ3) is 2.91. The maximum absolute atomic E-state index is 12.2. The first-order valence-corrected chi connectivity index (χ1v) is 7.34. The van der Waals surface area contributed by atoms with E-state index < -0.39 is 0 Å². The smallest absolute Gasteiger partial charge is 0.272 e. The molecule has 3 rings (SSSR count). The molecule has 0 radical (unpaired) electrons. The lowest BCUT2D eigenvalue weighted by Gasteiger charge is -2.15. The van der Waals surface area contributed by atoms with E-state index in [0.717, 1.165) is 38.3 Å². The van der Waals surface area contributed by atoms with Gasteiger partial charge in [0.15, 0.2) is 5.69 Å². The van der Waals surface area contributed by atoms with E-state index in [1.807, 2.05) is 0 Å². The summed E-state index contributed by atoms with van der Waals surface area (Å²) >= 11 is 0. The molecule has 1 amide bonds. The summed E-state index contributed by atoms with van der Waals surface area (Å²) in [6.45, 7) is 1.56. The molecule has 1 aromatic rings. The predicted octanol–water partition coefficient (Wildman–Crippen LogP) is 2.12. The monoisotopic (exact) mass is 263 g/mol. The van der Waals surface area contributed by atoms with Gasteiger partial charge in [0, 0.05) is 25.1 Å². The number of carbonyl (C=O) groups excluding carboxylic acids is 1. The number of fused-ring (bicyclic) bond motifs is 1. The van der Waals surface area contributed by atoms with E-state index in [4.69, 9.17) is 4.74 Å². The highest BCUT2D eigenvalue weighted by Gasteiger charge is 2.20. The van der Waals surface area contributed by atoms with Crippen LogP contribution in [-0.2, 0) is 6.54 Å². The Morgan fingerprint density at radius 2 is 2.05 bits per heavy atom. The summed E-state index contributed by atoms with van der Waals surface area (Å²) in [7, 11) is 0. The molecule has 1 aliphatic carbocycles. The fraction of sp³-hybridized carbons (Fsp3) is 0.714. The van der Waals surface area contributed by atoms with Gasteiger partial charge in [-0.3, -0.25) is 4.79 Å². The molecule has 0 bridgehead atoms. The van der Waals surface area contributed by atoms with Crippen LogP contribution < -0.4 is 10.1 Å². The van der Waals surface area contributed by atoms with E-state index in [9.17, 15) is 4.79 Å². The largest absolute Gasteiger partial charge is 0.478 e. The molecule has 0 unspecified atom stereocenters. The number of nitrogens with zero attached hydrogens (tertiary/aromatic N) is 2. The number of aromatic nitrogens is 2. The fourth-order valence-corrected chi connectivity index (χ4v) is 2.86. The van der Waals surface area contributed by atoms with Gasteiger partial charge in [-0.2, -0.15) is 5.10 Å². The Bertz CT molecular complexity index is 424. The van der Waals surface area contributed by atoms with Crippen LogP contribution in [0.2, 0.25) is 0 Å². The van der Waals surface area contributed by atoms with Gasteiger partial charge in [-0.15, -0.1) is 0 Å². The lowest BCUT2D eigenvalue weighted by atomic mass is 10.1. The van der Waals surface area contributed by atoms with Crippen molar-refractivity contribution in [2.45, 2.75) is 57.5 Å². The van der Waals surface area contributed by atoms with Crippen LogP contribution >= 0.6 is 0 Å². The Morgan fingerprint density at radius 1 is 1.26 bits per heavy atom. The van der Waals surface area contributed by atoms with Crippen LogP contribution in [0.5, 0.6) is 5.88 Å². The van der Waals surface area contributed by atoms with Crippen LogP contribution in [0.25, 0.3) is 0 Å². The highest BCUT2D eigenvalue weighted by atomic mass is 16.5. The van der Waals surface area contributed by atoms with Crippen molar-refractivity contribution in [1.29, 1.82) is 0 Å². The van der Waals surface area contributed by atoms with Crippen molar-refractivity contribution in [3.05, 3.63) is 11.8 Å². The fourth-order valence-electron chi connectivity index (χ4n) is 2.86. The number of carbonyl (C=O) groups is 1. The Labute approximate surface area is 113 Å². The molecule has 19 heavy (non-hydrogen) atoms. The molecule has 5 heteroatoms. The van der Waals surface area contributed by atoms with Crippen LogP contribution in [0.4, 0.5) is 0 Å². The average Bonchev–Trinajstić information content (AvgIpc) is 2.70. The second-order valence-corrected chi connectivity index (χ2v) is 5.45. The highest BCUT2D eigenvalue weighted by Crippen LogP contribution is 2.20. The van der Waals surface area contributed by atoms with Crippen LogP contribution in [0.1, 0.15) is 55.4 Å². The molecular formula is C14H21N3O2. The molecule has 0 aromatic carbocycles. The molecule has 1 aromatic heterocycles. The van der Waals surface area contributed by atoms with E-state index in [-0.39, 0.29) is 5.91 Å². The van der Waals surface area contributed by atoms with Crippen LogP contribution in [0.3, 0.4) is 0 Å². The number of rotatable bonds is 2. The highest BCUT2D eigenvalue weighted by molar-refractivity contribution is 5.92. The maximum atomic E-state index is 12.2. The van der Waals surface area contributed by atoms with E-state index in [1.54, 1.807) is 10.7 Å². The van der Waals surface area contributed by atoms with Crippen LogP contribution in [0, 0.1) is 0 Å². The molecule has 0 spiro atoms. The second-order valence-electron chi connectivity index (χ2n) is 5.45. The van der Waals surface area contributed by atoms with Crippen molar-refractivity contribution < 1.29 is 9.53 Å². The van der Waals surface area contributed by atoms with Gasteiger partial charge in [-0.05, 0) is 12.8 Å². The number of hydrogen-bond donors (Lipinski definition) is 1. The maximum Gasteiger partial charge on any atom is 0.272 e. The summed E-state index contributed by atoms with van der Waals surface area (Å²) in [5.41, 5.74) is 0.487. The van der Waals surface area contributed by atoms with Gasteiger partial charge >= 0.3 is 0 Å². The number of ether oxygens (including phenoxy) is 1. The third-order valence-electron chi connectivity index (χ3n) is 3.93. The molecule has 1 N–H and O–H groups in total. The molecule has 2 aliphatic rings. The predicted molar refractivity (Wildman–Crippen MR) is 71.3 cm³/mol. The first-order valence-electron chi connectivity index (χ1n) is 7.34. The number of nitrogens with one attached hydrogen (secondary N) is 1. The zero-order chi connectivity index (χ0) is 13.1. The van der Waals surface area contributed by atoms with Crippen molar-refractivity contribution in [3.63, 3.8) is 0 Å².